The van der Waals surface area contributed by atoms with Crippen LogP contribution in [0.3, 0.4) is 0 Å². The van der Waals surface area contributed by atoms with E-state index in [1.54, 1.807) is 0 Å². The number of aryl methyl sites for hydroxylation is 1. The summed E-state index contributed by atoms with van der Waals surface area (Å²) in [6.45, 7) is 4.06. The zero-order chi connectivity index (χ0) is 17.4. The molecule has 0 aliphatic heterocycles. The topological polar surface area (TPSA) is 54.1 Å². The third kappa shape index (κ3) is 3.44. The average molecular weight is 338 g/mol. The maximum Gasteiger partial charge on any atom is 0.253 e. The molecular weight excluding hydrogens is 312 g/mol. The Hall–Kier alpha value is -2.23. The van der Waals surface area contributed by atoms with Crippen molar-refractivity contribution in [2.24, 2.45) is 0 Å². The van der Waals surface area contributed by atoms with Crippen molar-refractivity contribution in [1.29, 1.82) is 0 Å². The number of fused-ring (bicyclic) bond motifs is 1. The number of aromatic amines is 1. The van der Waals surface area contributed by atoms with Crippen LogP contribution in [0.15, 0.2) is 30.5 Å². The number of H-pyrrole nitrogens is 1. The van der Waals surface area contributed by atoms with Crippen molar-refractivity contribution in [1.82, 2.24) is 10.3 Å². The minimum atomic E-state index is 0.0381. The van der Waals surface area contributed by atoms with Crippen molar-refractivity contribution in [2.45, 2.75) is 64.0 Å². The molecule has 132 valence electrons. The van der Waals surface area contributed by atoms with E-state index in [0.717, 1.165) is 36.3 Å². The molecule has 2 aliphatic carbocycles. The minimum absolute atomic E-state index is 0.0381. The molecule has 4 nitrogen and oxygen atoms in total. The van der Waals surface area contributed by atoms with Crippen molar-refractivity contribution in [3.63, 3.8) is 0 Å². The first-order chi connectivity index (χ1) is 12.1. The van der Waals surface area contributed by atoms with Crippen molar-refractivity contribution < 1.29 is 9.53 Å². The van der Waals surface area contributed by atoms with Crippen LogP contribution < -0.4 is 10.1 Å². The smallest absolute Gasteiger partial charge is 0.253 e. The van der Waals surface area contributed by atoms with E-state index in [1.807, 2.05) is 32.2 Å². The van der Waals surface area contributed by atoms with Crippen LogP contribution in [0.1, 0.15) is 78.7 Å². The first-order valence-electron chi connectivity index (χ1n) is 9.39. The summed E-state index contributed by atoms with van der Waals surface area (Å²) in [4.78, 5) is 16.1. The van der Waals surface area contributed by atoms with E-state index in [1.165, 1.54) is 24.0 Å². The SMILES string of the molecule is CC(C)Oc1ccc2c(c1)[C@H](NC(=O)c1cc[nH]c1C1CC1)CCC2. The second-order valence-electron chi connectivity index (χ2n) is 7.52. The molecule has 0 saturated heterocycles. The van der Waals surface area contributed by atoms with Gasteiger partial charge in [0.05, 0.1) is 17.7 Å². The van der Waals surface area contributed by atoms with Gasteiger partial charge >= 0.3 is 0 Å². The number of hydrogen-bond donors (Lipinski definition) is 2. The van der Waals surface area contributed by atoms with Crippen molar-refractivity contribution >= 4 is 5.91 Å². The van der Waals surface area contributed by atoms with Gasteiger partial charge in [-0.1, -0.05) is 6.07 Å². The Balaban J connectivity index is 1.55. The van der Waals surface area contributed by atoms with Crippen LogP contribution in [0.5, 0.6) is 5.75 Å². The molecular formula is C21H26N2O2. The molecule has 0 radical (unpaired) electrons. The number of carbonyl (C=O) groups is 1. The van der Waals surface area contributed by atoms with Gasteiger partial charge < -0.3 is 15.0 Å². The molecule has 2 aliphatic rings. The summed E-state index contributed by atoms with van der Waals surface area (Å²) in [5, 5.41) is 3.27. The molecule has 1 aromatic heterocycles. The summed E-state index contributed by atoms with van der Waals surface area (Å²) in [5.41, 5.74) is 4.44. The van der Waals surface area contributed by atoms with Crippen LogP contribution >= 0.6 is 0 Å². The average Bonchev–Trinajstić information content (AvgIpc) is 3.31. The van der Waals surface area contributed by atoms with Gasteiger partial charge in [-0.15, -0.1) is 0 Å². The third-order valence-electron chi connectivity index (χ3n) is 5.12. The van der Waals surface area contributed by atoms with Gasteiger partial charge in [-0.3, -0.25) is 4.79 Å². The van der Waals surface area contributed by atoms with Gasteiger partial charge in [0.2, 0.25) is 0 Å². The fraction of sp³-hybridized carbons (Fsp3) is 0.476. The monoisotopic (exact) mass is 338 g/mol. The second-order valence-corrected chi connectivity index (χ2v) is 7.52. The highest BCUT2D eigenvalue weighted by Crippen LogP contribution is 2.41. The maximum absolute atomic E-state index is 12.8. The molecule has 0 unspecified atom stereocenters. The summed E-state index contributed by atoms with van der Waals surface area (Å²) >= 11 is 0. The zero-order valence-corrected chi connectivity index (χ0v) is 15.0. The van der Waals surface area contributed by atoms with E-state index < -0.39 is 0 Å². The number of rotatable bonds is 5. The Bertz CT molecular complexity index is 774. The Morgan fingerprint density at radius 2 is 2.08 bits per heavy atom. The molecule has 2 aromatic rings. The number of carbonyl (C=O) groups excluding carboxylic acids is 1. The van der Waals surface area contributed by atoms with Crippen molar-refractivity contribution in [3.8, 4) is 5.75 Å². The summed E-state index contributed by atoms with van der Waals surface area (Å²) in [6, 6.07) is 8.27. The van der Waals surface area contributed by atoms with Crippen molar-refractivity contribution in [2.75, 3.05) is 0 Å². The molecule has 1 atom stereocenters. The number of nitrogens with one attached hydrogen (secondary N) is 2. The molecule has 1 saturated carbocycles. The van der Waals surface area contributed by atoms with Crippen molar-refractivity contribution in [3.05, 3.63) is 52.8 Å². The molecule has 4 rings (SSSR count). The Morgan fingerprint density at radius 1 is 1.24 bits per heavy atom. The van der Waals surface area contributed by atoms with Gasteiger partial charge in [0.1, 0.15) is 5.75 Å². The summed E-state index contributed by atoms with van der Waals surface area (Å²) < 4.78 is 5.85. The molecule has 1 heterocycles. The first-order valence-corrected chi connectivity index (χ1v) is 9.39. The molecule has 1 aromatic carbocycles. The van der Waals surface area contributed by atoms with Gasteiger partial charge in [-0.25, -0.2) is 0 Å². The lowest BCUT2D eigenvalue weighted by Gasteiger charge is -2.27. The molecule has 1 amide bonds. The summed E-state index contributed by atoms with van der Waals surface area (Å²) in [6.07, 6.45) is 7.55. The van der Waals surface area contributed by atoms with E-state index in [-0.39, 0.29) is 18.1 Å². The summed E-state index contributed by atoms with van der Waals surface area (Å²) in [7, 11) is 0. The number of hydrogen-bond acceptors (Lipinski definition) is 2. The number of benzene rings is 1. The van der Waals surface area contributed by atoms with Gasteiger partial charge in [-0.2, -0.15) is 0 Å². The molecule has 4 heteroatoms. The summed E-state index contributed by atoms with van der Waals surface area (Å²) in [5.74, 6) is 1.46. The Labute approximate surface area is 149 Å². The second kappa shape index (κ2) is 6.58. The largest absolute Gasteiger partial charge is 0.491 e. The first kappa shape index (κ1) is 16.2. The third-order valence-corrected chi connectivity index (χ3v) is 5.12. The van der Waals surface area contributed by atoms with Gasteiger partial charge in [0, 0.05) is 11.9 Å². The highest BCUT2D eigenvalue weighted by atomic mass is 16.5. The van der Waals surface area contributed by atoms with Gasteiger partial charge in [0.15, 0.2) is 0 Å². The van der Waals surface area contributed by atoms with Gasteiger partial charge in [0.25, 0.3) is 5.91 Å². The number of ether oxygens (including phenoxy) is 1. The van der Waals surface area contributed by atoms with E-state index in [9.17, 15) is 4.79 Å². The van der Waals surface area contributed by atoms with Crippen LogP contribution in [0, 0.1) is 0 Å². The standard InChI is InChI=1S/C21H26N2O2/c1-13(2)25-16-9-8-14-4-3-5-19(18(14)12-16)23-21(24)17-10-11-22-20(17)15-6-7-15/h8-13,15,19,22H,3-7H2,1-2H3,(H,23,24)/t19-/m1/s1. The van der Waals surface area contributed by atoms with E-state index in [2.05, 4.69) is 22.4 Å². The molecule has 2 N–H and O–H groups in total. The zero-order valence-electron chi connectivity index (χ0n) is 15.0. The van der Waals surface area contributed by atoms with E-state index in [4.69, 9.17) is 4.74 Å². The van der Waals surface area contributed by atoms with E-state index >= 15 is 0 Å². The Morgan fingerprint density at radius 3 is 2.84 bits per heavy atom. The number of amides is 1. The minimum Gasteiger partial charge on any atom is -0.491 e. The van der Waals surface area contributed by atoms with Crippen LogP contribution in [-0.2, 0) is 6.42 Å². The molecule has 25 heavy (non-hydrogen) atoms. The van der Waals surface area contributed by atoms with Crippen LogP contribution in [0.25, 0.3) is 0 Å². The van der Waals surface area contributed by atoms with Crippen LogP contribution in [0.2, 0.25) is 0 Å². The highest BCUT2D eigenvalue weighted by molar-refractivity contribution is 5.96. The van der Waals surface area contributed by atoms with Crippen LogP contribution in [-0.4, -0.2) is 17.0 Å². The fourth-order valence-corrected chi connectivity index (χ4v) is 3.80. The molecule has 0 spiro atoms. The maximum atomic E-state index is 12.8. The fourth-order valence-electron chi connectivity index (χ4n) is 3.80. The molecule has 0 bridgehead atoms. The van der Waals surface area contributed by atoms with Gasteiger partial charge in [-0.05, 0) is 81.2 Å². The van der Waals surface area contributed by atoms with E-state index in [0.29, 0.717) is 5.92 Å². The lowest BCUT2D eigenvalue weighted by molar-refractivity contribution is 0.0931. The Kier molecular flexibility index (Phi) is 4.28. The predicted octanol–water partition coefficient (Wildman–Crippen LogP) is 4.49. The number of aromatic nitrogens is 1. The predicted molar refractivity (Wildman–Crippen MR) is 98.1 cm³/mol. The van der Waals surface area contributed by atoms with Crippen LogP contribution in [0.4, 0.5) is 0 Å². The molecule has 1 fully saturated rings. The lowest BCUT2D eigenvalue weighted by Crippen LogP contribution is -2.31. The normalized spacial score (nSPS) is 19.6. The highest BCUT2D eigenvalue weighted by Gasteiger charge is 2.30. The lowest BCUT2D eigenvalue weighted by atomic mass is 9.87. The quantitative estimate of drug-likeness (QED) is 0.844.